The fourth-order valence-corrected chi connectivity index (χ4v) is 9.08. The number of piperidine rings is 1. The van der Waals surface area contributed by atoms with Crippen molar-refractivity contribution < 1.29 is 14.3 Å². The minimum atomic E-state index is -0.112. The second-order valence-electron chi connectivity index (χ2n) is 11.9. The third kappa shape index (κ3) is 3.19. The van der Waals surface area contributed by atoms with Gasteiger partial charge in [-0.3, -0.25) is 14.5 Å². The number of hydrogen-bond acceptors (Lipinski definition) is 4. The first-order valence-electron chi connectivity index (χ1n) is 12.8. The van der Waals surface area contributed by atoms with E-state index in [1.54, 1.807) is 6.92 Å². The fraction of sp³-hybridized carbons (Fsp3) is 0.923. The maximum atomic E-state index is 12.5. The van der Waals surface area contributed by atoms with E-state index < -0.39 is 0 Å². The second kappa shape index (κ2) is 7.60. The molecular formula is C26H41NO3. The normalized spacial score (nSPS) is 49.1. The lowest BCUT2D eigenvalue weighted by molar-refractivity contribution is -0.166. The van der Waals surface area contributed by atoms with E-state index in [-0.39, 0.29) is 22.9 Å². The van der Waals surface area contributed by atoms with Crippen LogP contribution >= 0.6 is 0 Å². The highest BCUT2D eigenvalue weighted by atomic mass is 16.5. The number of carbonyl (C=O) groups excluding carboxylic acids is 2. The molecule has 168 valence electrons. The van der Waals surface area contributed by atoms with E-state index >= 15 is 0 Å². The van der Waals surface area contributed by atoms with Gasteiger partial charge in [-0.15, -0.1) is 0 Å². The van der Waals surface area contributed by atoms with Crippen molar-refractivity contribution in [3.63, 3.8) is 0 Å². The number of fused-ring (bicyclic) bond motifs is 5. The summed E-state index contributed by atoms with van der Waals surface area (Å²) in [6.45, 7) is 8.80. The molecule has 1 aliphatic heterocycles. The highest BCUT2D eigenvalue weighted by Crippen LogP contribution is 2.66. The zero-order valence-electron chi connectivity index (χ0n) is 19.3. The summed E-state index contributed by atoms with van der Waals surface area (Å²) < 4.78 is 6.14. The summed E-state index contributed by atoms with van der Waals surface area (Å²) in [7, 11) is 0. The Morgan fingerprint density at radius 3 is 2.50 bits per heavy atom. The van der Waals surface area contributed by atoms with E-state index in [1.807, 2.05) is 0 Å². The molecule has 1 heterocycles. The number of esters is 1. The number of Topliss-reactive ketones (excluding diaryl/α,β-unsaturated/α-hetero) is 1. The number of ether oxygens (including phenoxy) is 1. The van der Waals surface area contributed by atoms with Crippen molar-refractivity contribution in [2.24, 2.45) is 34.5 Å². The predicted molar refractivity (Wildman–Crippen MR) is 117 cm³/mol. The van der Waals surface area contributed by atoms with E-state index in [2.05, 4.69) is 18.7 Å². The molecular weight excluding hydrogens is 374 g/mol. The molecule has 8 atom stereocenters. The van der Waals surface area contributed by atoms with Gasteiger partial charge in [0.05, 0.1) is 0 Å². The molecule has 5 aliphatic rings. The van der Waals surface area contributed by atoms with Crippen LogP contribution in [0.4, 0.5) is 0 Å². The molecule has 4 heteroatoms. The quantitative estimate of drug-likeness (QED) is 0.596. The van der Waals surface area contributed by atoms with E-state index in [0.29, 0.717) is 29.6 Å². The van der Waals surface area contributed by atoms with Crippen molar-refractivity contribution in [2.75, 3.05) is 13.1 Å². The Bertz CT molecular complexity index is 700. The van der Waals surface area contributed by atoms with E-state index in [1.165, 1.54) is 44.9 Å². The Kier molecular flexibility index (Phi) is 5.31. The van der Waals surface area contributed by atoms with E-state index in [9.17, 15) is 9.59 Å². The summed E-state index contributed by atoms with van der Waals surface area (Å²) in [4.78, 5) is 27.2. The standard InChI is InChI=1S/C26H41NO3/c1-17(28)30-24-23(27-13-5-4-6-14-27)15-22-20-10-8-18-7-9-19(29)16-26(18,3)21(20)11-12-25(22,24)2/h18,20-24H,4-16H2,1-3H3/t18?,20-,21-,22+,23?,24?,25+,26+/m1/s1. The van der Waals surface area contributed by atoms with Crippen molar-refractivity contribution in [1.82, 2.24) is 4.90 Å². The summed E-state index contributed by atoms with van der Waals surface area (Å²) >= 11 is 0. The van der Waals surface area contributed by atoms with E-state index in [4.69, 9.17) is 4.74 Å². The lowest BCUT2D eigenvalue weighted by Crippen LogP contribution is -2.55. The summed E-state index contributed by atoms with van der Waals surface area (Å²) in [5.74, 6) is 3.13. The number of carbonyl (C=O) groups is 2. The molecule has 30 heavy (non-hydrogen) atoms. The zero-order valence-corrected chi connectivity index (χ0v) is 19.3. The van der Waals surface area contributed by atoms with Gasteiger partial charge in [0.25, 0.3) is 0 Å². The molecule has 4 nitrogen and oxygen atoms in total. The van der Waals surface area contributed by atoms with Gasteiger partial charge < -0.3 is 4.74 Å². The fourth-order valence-electron chi connectivity index (χ4n) is 9.08. The highest BCUT2D eigenvalue weighted by molar-refractivity contribution is 5.80. The third-order valence-electron chi connectivity index (χ3n) is 10.5. The topological polar surface area (TPSA) is 46.6 Å². The largest absolute Gasteiger partial charge is 0.460 e. The lowest BCUT2D eigenvalue weighted by Gasteiger charge is -2.59. The number of nitrogens with zero attached hydrogens (tertiary/aromatic N) is 1. The Labute approximate surface area is 182 Å². The second-order valence-corrected chi connectivity index (χ2v) is 11.9. The molecule has 0 radical (unpaired) electrons. The summed E-state index contributed by atoms with van der Waals surface area (Å²) in [6, 6.07) is 0.390. The molecule has 4 saturated carbocycles. The number of rotatable bonds is 2. The summed E-state index contributed by atoms with van der Waals surface area (Å²) in [5, 5.41) is 0. The predicted octanol–water partition coefficient (Wildman–Crippen LogP) is 4.99. The molecule has 0 bridgehead atoms. The van der Waals surface area contributed by atoms with Gasteiger partial charge in [-0.25, -0.2) is 0 Å². The molecule has 0 aromatic rings. The van der Waals surface area contributed by atoms with Gasteiger partial charge in [-0.2, -0.15) is 0 Å². The van der Waals surface area contributed by atoms with Crippen LogP contribution in [-0.2, 0) is 14.3 Å². The van der Waals surface area contributed by atoms with Gasteiger partial charge in [0.1, 0.15) is 11.9 Å². The van der Waals surface area contributed by atoms with Crippen LogP contribution in [0.3, 0.4) is 0 Å². The minimum Gasteiger partial charge on any atom is -0.460 e. The van der Waals surface area contributed by atoms with Gasteiger partial charge in [0, 0.05) is 31.2 Å². The first-order chi connectivity index (χ1) is 14.3. The molecule has 0 amide bonds. The third-order valence-corrected chi connectivity index (χ3v) is 10.5. The zero-order chi connectivity index (χ0) is 21.1. The molecule has 1 saturated heterocycles. The van der Waals surface area contributed by atoms with Crippen LogP contribution < -0.4 is 0 Å². The Morgan fingerprint density at radius 1 is 1.00 bits per heavy atom. The molecule has 0 aromatic carbocycles. The summed E-state index contributed by atoms with van der Waals surface area (Å²) in [6.07, 6.45) is 12.8. The maximum absolute atomic E-state index is 12.5. The highest BCUT2D eigenvalue weighted by Gasteiger charge is 2.64. The van der Waals surface area contributed by atoms with Crippen molar-refractivity contribution in [1.29, 1.82) is 0 Å². The SMILES string of the molecule is CC(=O)OC1C(N2CCCCC2)C[C@H]2[C@@H]3CCC4CCC(=O)C[C@]4(C)[C@@H]3CC[C@]12C. The summed E-state index contributed by atoms with van der Waals surface area (Å²) in [5.41, 5.74) is 0.302. The molecule has 5 fully saturated rings. The molecule has 3 unspecified atom stereocenters. The molecule has 4 aliphatic carbocycles. The van der Waals surface area contributed by atoms with Crippen LogP contribution in [-0.4, -0.2) is 41.9 Å². The van der Waals surface area contributed by atoms with Crippen molar-refractivity contribution in [2.45, 2.75) is 104 Å². The van der Waals surface area contributed by atoms with Gasteiger partial charge in [0.15, 0.2) is 0 Å². The first-order valence-corrected chi connectivity index (χ1v) is 12.8. The Hall–Kier alpha value is -0.900. The van der Waals surface area contributed by atoms with Gasteiger partial charge in [-0.1, -0.05) is 20.3 Å². The molecule has 0 aromatic heterocycles. The van der Waals surface area contributed by atoms with Gasteiger partial charge >= 0.3 is 5.97 Å². The van der Waals surface area contributed by atoms with Crippen LogP contribution in [0.2, 0.25) is 0 Å². The number of likely N-dealkylation sites (tertiary alicyclic amines) is 1. The number of ketones is 1. The first kappa shape index (κ1) is 21.0. The number of hydrogen-bond donors (Lipinski definition) is 0. The van der Waals surface area contributed by atoms with Crippen LogP contribution in [0.5, 0.6) is 0 Å². The average Bonchev–Trinajstić information content (AvgIpc) is 3.00. The van der Waals surface area contributed by atoms with Gasteiger partial charge in [0.2, 0.25) is 0 Å². The Balaban J connectivity index is 1.45. The molecule has 0 N–H and O–H groups in total. The van der Waals surface area contributed by atoms with Crippen LogP contribution in [0.1, 0.15) is 91.4 Å². The van der Waals surface area contributed by atoms with Crippen LogP contribution in [0, 0.1) is 34.5 Å². The lowest BCUT2D eigenvalue weighted by atomic mass is 9.45. The van der Waals surface area contributed by atoms with Crippen molar-refractivity contribution >= 4 is 11.8 Å². The monoisotopic (exact) mass is 415 g/mol. The Morgan fingerprint density at radius 2 is 1.77 bits per heavy atom. The molecule has 5 rings (SSSR count). The van der Waals surface area contributed by atoms with Crippen molar-refractivity contribution in [3.8, 4) is 0 Å². The van der Waals surface area contributed by atoms with E-state index in [0.717, 1.165) is 44.7 Å². The van der Waals surface area contributed by atoms with Crippen LogP contribution in [0.15, 0.2) is 0 Å². The minimum absolute atomic E-state index is 0.0394. The van der Waals surface area contributed by atoms with Gasteiger partial charge in [-0.05, 0) is 93.5 Å². The average molecular weight is 416 g/mol. The molecule has 0 spiro atoms. The van der Waals surface area contributed by atoms with Crippen molar-refractivity contribution in [3.05, 3.63) is 0 Å². The van der Waals surface area contributed by atoms with Crippen LogP contribution in [0.25, 0.3) is 0 Å². The smallest absolute Gasteiger partial charge is 0.302 e. The maximum Gasteiger partial charge on any atom is 0.302 e.